The summed E-state index contributed by atoms with van der Waals surface area (Å²) in [5.41, 5.74) is -1.22. The van der Waals surface area contributed by atoms with Crippen LogP contribution < -0.4 is 0 Å². The maximum absolute atomic E-state index is 10.0. The van der Waals surface area contributed by atoms with Crippen LogP contribution in [0.5, 0.6) is 0 Å². The molecule has 0 aliphatic heterocycles. The number of hydrogen-bond donors (Lipinski definition) is 0. The lowest BCUT2D eigenvalue weighted by Gasteiger charge is -2.04. The van der Waals surface area contributed by atoms with Crippen LogP contribution >= 0.6 is 0 Å². The number of hydrogen-bond acceptors (Lipinski definition) is 3. The fraction of sp³-hybridized carbons (Fsp3) is 1.00. The Bertz CT molecular complexity index is 159. The molecule has 5 heteroatoms. The summed E-state index contributed by atoms with van der Waals surface area (Å²) >= 11 is 0. The SMILES string of the molecule is CCOC(C)S([O])(=O)=O. The van der Waals surface area contributed by atoms with E-state index in [0.717, 1.165) is 0 Å². The Kier molecular flexibility index (Phi) is 3.10. The van der Waals surface area contributed by atoms with Gasteiger partial charge in [0.1, 0.15) is 0 Å². The van der Waals surface area contributed by atoms with Crippen LogP contribution in [0.3, 0.4) is 0 Å². The van der Waals surface area contributed by atoms with Gasteiger partial charge in [-0.05, 0) is 13.8 Å². The number of ether oxygens (including phenoxy) is 1. The second-order valence-electron chi connectivity index (χ2n) is 1.52. The zero-order valence-corrected chi connectivity index (χ0v) is 6.14. The first kappa shape index (κ1) is 8.87. The molecule has 1 unspecified atom stereocenters. The van der Waals surface area contributed by atoms with E-state index in [1.54, 1.807) is 6.92 Å². The van der Waals surface area contributed by atoms with E-state index in [4.69, 9.17) is 0 Å². The lowest BCUT2D eigenvalue weighted by molar-refractivity contribution is 0.119. The zero-order valence-electron chi connectivity index (χ0n) is 5.33. The van der Waals surface area contributed by atoms with E-state index >= 15 is 0 Å². The van der Waals surface area contributed by atoms with Gasteiger partial charge in [-0.25, -0.2) is 0 Å². The fourth-order valence-corrected chi connectivity index (χ4v) is 0.621. The van der Waals surface area contributed by atoms with Gasteiger partial charge < -0.3 is 4.74 Å². The van der Waals surface area contributed by atoms with Gasteiger partial charge in [0.25, 0.3) is 0 Å². The Morgan fingerprint density at radius 2 is 2.00 bits per heavy atom. The lowest BCUT2D eigenvalue weighted by atomic mass is 10.8. The van der Waals surface area contributed by atoms with Gasteiger partial charge in [0.05, 0.1) is 0 Å². The van der Waals surface area contributed by atoms with E-state index in [1.165, 1.54) is 6.92 Å². The van der Waals surface area contributed by atoms with E-state index in [9.17, 15) is 13.0 Å². The van der Waals surface area contributed by atoms with E-state index < -0.39 is 15.6 Å². The summed E-state index contributed by atoms with van der Waals surface area (Å²) in [6.45, 7) is 3.08. The first-order valence-corrected chi connectivity index (χ1v) is 4.02. The Morgan fingerprint density at radius 1 is 1.56 bits per heavy atom. The minimum absolute atomic E-state index is 0.239. The van der Waals surface area contributed by atoms with Crippen molar-refractivity contribution in [3.05, 3.63) is 0 Å². The highest BCUT2D eigenvalue weighted by Crippen LogP contribution is 1.98. The molecule has 0 aliphatic carbocycles. The van der Waals surface area contributed by atoms with Crippen molar-refractivity contribution in [1.29, 1.82) is 0 Å². The third-order valence-electron chi connectivity index (χ3n) is 0.808. The van der Waals surface area contributed by atoms with Crippen LogP contribution in [0.25, 0.3) is 0 Å². The summed E-state index contributed by atoms with van der Waals surface area (Å²) in [6.07, 6.45) is 0. The van der Waals surface area contributed by atoms with Crippen LogP contribution in [0.15, 0.2) is 0 Å². The third-order valence-corrected chi connectivity index (χ3v) is 1.76. The molecule has 0 heterocycles. The smallest absolute Gasteiger partial charge is 0.321 e. The quantitative estimate of drug-likeness (QED) is 0.578. The second kappa shape index (κ2) is 3.14. The molecule has 0 rings (SSSR count). The van der Waals surface area contributed by atoms with Gasteiger partial charge in [0, 0.05) is 6.61 Å². The largest absolute Gasteiger partial charge is 0.360 e. The molecule has 55 valence electrons. The minimum atomic E-state index is -4.24. The van der Waals surface area contributed by atoms with Gasteiger partial charge in [-0.3, -0.25) is 0 Å². The summed E-state index contributed by atoms with van der Waals surface area (Å²) in [6, 6.07) is 0. The summed E-state index contributed by atoms with van der Waals surface area (Å²) in [5, 5.41) is 0. The average molecular weight is 153 g/mol. The monoisotopic (exact) mass is 153 g/mol. The van der Waals surface area contributed by atoms with Gasteiger partial charge in [0.2, 0.25) is 0 Å². The highest BCUT2D eigenvalue weighted by molar-refractivity contribution is 7.86. The van der Waals surface area contributed by atoms with E-state index in [0.29, 0.717) is 0 Å². The van der Waals surface area contributed by atoms with E-state index in [-0.39, 0.29) is 6.61 Å². The Balaban J connectivity index is 3.90. The predicted molar refractivity (Wildman–Crippen MR) is 30.7 cm³/mol. The molecule has 0 saturated heterocycles. The summed E-state index contributed by atoms with van der Waals surface area (Å²) in [4.78, 5) is 0. The van der Waals surface area contributed by atoms with Crippen molar-refractivity contribution in [2.75, 3.05) is 6.61 Å². The molecule has 0 aromatic heterocycles. The van der Waals surface area contributed by atoms with Gasteiger partial charge in [-0.1, -0.05) is 4.55 Å². The van der Waals surface area contributed by atoms with Crippen molar-refractivity contribution in [2.24, 2.45) is 0 Å². The van der Waals surface area contributed by atoms with Gasteiger partial charge >= 0.3 is 10.1 Å². The van der Waals surface area contributed by atoms with Crippen LogP contribution in [0.2, 0.25) is 0 Å². The van der Waals surface area contributed by atoms with Gasteiger partial charge in [-0.15, -0.1) is 0 Å². The Hall–Kier alpha value is -0.130. The fourth-order valence-electron chi connectivity index (χ4n) is 0.318. The Morgan fingerprint density at radius 3 is 2.11 bits per heavy atom. The first-order chi connectivity index (χ1) is 3.98. The summed E-state index contributed by atoms with van der Waals surface area (Å²) in [5.74, 6) is 0. The first-order valence-electron chi connectivity index (χ1n) is 2.54. The molecular weight excluding hydrogens is 144 g/mol. The van der Waals surface area contributed by atoms with Crippen LogP contribution in [0.4, 0.5) is 0 Å². The molecule has 1 radical (unpaired) electrons. The topological polar surface area (TPSA) is 63.3 Å². The van der Waals surface area contributed by atoms with Crippen molar-refractivity contribution in [1.82, 2.24) is 0 Å². The molecule has 0 aromatic rings. The minimum Gasteiger partial charge on any atom is -0.360 e. The molecule has 0 aliphatic rings. The van der Waals surface area contributed by atoms with Crippen molar-refractivity contribution in [3.8, 4) is 0 Å². The molecule has 0 spiro atoms. The molecule has 4 nitrogen and oxygen atoms in total. The maximum Gasteiger partial charge on any atom is 0.321 e. The normalized spacial score (nSPS) is 15.4. The maximum atomic E-state index is 10.0. The van der Waals surface area contributed by atoms with Crippen molar-refractivity contribution in [3.63, 3.8) is 0 Å². The highest BCUT2D eigenvalue weighted by Gasteiger charge is 2.17. The Labute approximate surface area is 54.6 Å². The molecule has 0 saturated carbocycles. The predicted octanol–water partition coefficient (Wildman–Crippen LogP) is 0.129. The average Bonchev–Trinajstić information content (AvgIpc) is 1.64. The second-order valence-corrected chi connectivity index (χ2v) is 3.17. The van der Waals surface area contributed by atoms with Crippen LogP contribution in [-0.2, 0) is 19.4 Å². The summed E-state index contributed by atoms with van der Waals surface area (Å²) < 4.78 is 34.6. The summed E-state index contributed by atoms with van der Waals surface area (Å²) in [7, 11) is -4.24. The van der Waals surface area contributed by atoms with Crippen LogP contribution in [0.1, 0.15) is 13.8 Å². The molecule has 0 bridgehead atoms. The molecule has 0 N–H and O–H groups in total. The van der Waals surface area contributed by atoms with Gasteiger partial charge in [-0.2, -0.15) is 8.42 Å². The molecular formula is C4H9O4S. The third kappa shape index (κ3) is 3.45. The molecule has 0 aromatic carbocycles. The van der Waals surface area contributed by atoms with Crippen LogP contribution in [-0.4, -0.2) is 20.5 Å². The molecule has 9 heavy (non-hydrogen) atoms. The number of rotatable bonds is 3. The van der Waals surface area contributed by atoms with Crippen molar-refractivity contribution >= 4 is 10.1 Å². The van der Waals surface area contributed by atoms with Crippen LogP contribution in [0, 0.1) is 0 Å². The lowest BCUT2D eigenvalue weighted by Crippen LogP contribution is -2.18. The molecule has 0 amide bonds. The van der Waals surface area contributed by atoms with Gasteiger partial charge in [0.15, 0.2) is 5.44 Å². The van der Waals surface area contributed by atoms with Crippen molar-refractivity contribution in [2.45, 2.75) is 19.3 Å². The molecule has 0 fully saturated rings. The highest BCUT2D eigenvalue weighted by atomic mass is 32.2. The van der Waals surface area contributed by atoms with E-state index in [2.05, 4.69) is 4.74 Å². The standard InChI is InChI=1S/C4H9O4S/c1-3-8-4(2)9(5,6)7/h4H,3H2,1-2H3. The van der Waals surface area contributed by atoms with E-state index in [1.807, 2.05) is 0 Å². The molecule has 1 atom stereocenters. The van der Waals surface area contributed by atoms with Crippen molar-refractivity contribution < 1.29 is 17.7 Å². The zero-order chi connectivity index (χ0) is 7.49.